The fourth-order valence-corrected chi connectivity index (χ4v) is 12.6. The van der Waals surface area contributed by atoms with Gasteiger partial charge < -0.3 is 0 Å². The van der Waals surface area contributed by atoms with Crippen molar-refractivity contribution in [3.05, 3.63) is 22.8 Å². The number of hydrogen-bond acceptors (Lipinski definition) is 0. The van der Waals surface area contributed by atoms with Crippen LogP contribution in [0.25, 0.3) is 0 Å². The third-order valence-corrected chi connectivity index (χ3v) is 14.4. The molecule has 6 saturated carbocycles. The maximum absolute atomic E-state index is 2.70. The molecule has 0 aromatic rings. The van der Waals surface area contributed by atoms with Crippen molar-refractivity contribution in [3.63, 3.8) is 0 Å². The molecule has 0 spiro atoms. The predicted molar refractivity (Wildman–Crippen MR) is 153 cm³/mol. The largest absolute Gasteiger partial charge is 0.0810 e. The standard InChI is InChI=1S/C19H32.C17H24/c1-18-11-5-7-16(18)15-9-8-14-6-3-4-12-19(14,2)17(15)10-13-18;1-2-6-14-12(4-1)8-10-17-15-7-3-5-13(15)9-11-16(14)17/h14-17H,3-13H2,1-2H3;4,13,15,17H,1-3,5-11H2/t14?,15?,16?,17?,18-,19-;/m0./s1. The Morgan fingerprint density at radius 1 is 0.639 bits per heavy atom. The third kappa shape index (κ3) is 3.96. The van der Waals surface area contributed by atoms with Gasteiger partial charge in [0.2, 0.25) is 0 Å². The van der Waals surface area contributed by atoms with Crippen LogP contribution in [-0.2, 0) is 0 Å². The van der Waals surface area contributed by atoms with Crippen LogP contribution in [0.4, 0.5) is 0 Å². The Hall–Kier alpha value is -0.520. The van der Waals surface area contributed by atoms with Gasteiger partial charge in [-0.05, 0) is 166 Å². The highest BCUT2D eigenvalue weighted by Crippen LogP contribution is 2.66. The van der Waals surface area contributed by atoms with Crippen molar-refractivity contribution >= 4 is 0 Å². The Balaban J connectivity index is 0.000000123. The van der Waals surface area contributed by atoms with Crippen LogP contribution in [0, 0.1) is 52.3 Å². The van der Waals surface area contributed by atoms with Gasteiger partial charge in [-0.25, -0.2) is 0 Å². The van der Waals surface area contributed by atoms with Gasteiger partial charge in [0, 0.05) is 0 Å². The molecule has 8 rings (SSSR count). The van der Waals surface area contributed by atoms with E-state index in [4.69, 9.17) is 0 Å². The van der Waals surface area contributed by atoms with Crippen LogP contribution in [-0.4, -0.2) is 0 Å². The highest BCUT2D eigenvalue weighted by molar-refractivity contribution is 5.42. The summed E-state index contributed by atoms with van der Waals surface area (Å²) in [5, 5.41) is 0. The number of rotatable bonds is 0. The minimum Gasteiger partial charge on any atom is -0.0810 e. The molecule has 200 valence electrons. The van der Waals surface area contributed by atoms with E-state index in [1.807, 2.05) is 11.1 Å². The minimum absolute atomic E-state index is 0.741. The van der Waals surface area contributed by atoms with Gasteiger partial charge in [0.15, 0.2) is 0 Å². The first-order valence-electron chi connectivity index (χ1n) is 17.0. The van der Waals surface area contributed by atoms with Gasteiger partial charge >= 0.3 is 0 Å². The zero-order valence-corrected chi connectivity index (χ0v) is 24.0. The van der Waals surface area contributed by atoms with Gasteiger partial charge in [0.05, 0.1) is 0 Å². The van der Waals surface area contributed by atoms with Crippen LogP contribution in [0.15, 0.2) is 22.8 Å². The zero-order valence-electron chi connectivity index (χ0n) is 24.0. The van der Waals surface area contributed by atoms with Crippen molar-refractivity contribution in [2.45, 2.75) is 149 Å². The summed E-state index contributed by atoms with van der Waals surface area (Å²) in [6.45, 7) is 5.33. The van der Waals surface area contributed by atoms with E-state index in [0.29, 0.717) is 0 Å². The van der Waals surface area contributed by atoms with Crippen LogP contribution >= 0.6 is 0 Å². The van der Waals surface area contributed by atoms with E-state index in [2.05, 4.69) is 19.9 Å². The fourth-order valence-electron chi connectivity index (χ4n) is 12.6. The van der Waals surface area contributed by atoms with Crippen LogP contribution in [0.5, 0.6) is 0 Å². The van der Waals surface area contributed by atoms with Gasteiger partial charge in [-0.1, -0.05) is 57.6 Å². The molecule has 6 fully saturated rings. The molecular formula is C36H56. The molecule has 36 heavy (non-hydrogen) atoms. The Morgan fingerprint density at radius 2 is 1.58 bits per heavy atom. The molecule has 0 heterocycles. The highest BCUT2D eigenvalue weighted by Gasteiger charge is 2.57. The summed E-state index contributed by atoms with van der Waals surface area (Å²) in [6.07, 6.45) is 34.3. The number of allylic oxidation sites excluding steroid dienone is 4. The van der Waals surface area contributed by atoms with Crippen molar-refractivity contribution < 1.29 is 0 Å². The van der Waals surface area contributed by atoms with Gasteiger partial charge in [0.25, 0.3) is 0 Å². The SMILES string of the molecule is C1=C2CCC3C(=C2CCC1)CCC1CCCC13.C[C@@]12CCCC1C1CCC3CCCC[C@]3(C)C1CC2. The van der Waals surface area contributed by atoms with E-state index in [-0.39, 0.29) is 0 Å². The van der Waals surface area contributed by atoms with Crippen molar-refractivity contribution in [1.82, 2.24) is 0 Å². The van der Waals surface area contributed by atoms with Crippen LogP contribution < -0.4 is 0 Å². The molecule has 0 saturated heterocycles. The first kappa shape index (κ1) is 24.5. The van der Waals surface area contributed by atoms with Gasteiger partial charge in [-0.2, -0.15) is 0 Å². The topological polar surface area (TPSA) is 0 Å². The van der Waals surface area contributed by atoms with Crippen LogP contribution in [0.3, 0.4) is 0 Å². The minimum atomic E-state index is 0.741. The molecule has 7 unspecified atom stereocenters. The van der Waals surface area contributed by atoms with E-state index in [1.54, 1.807) is 69.8 Å². The molecule has 8 aliphatic carbocycles. The van der Waals surface area contributed by atoms with Crippen molar-refractivity contribution in [2.24, 2.45) is 52.3 Å². The molecule has 0 radical (unpaired) electrons. The normalized spacial score (nSPS) is 49.3. The molecule has 9 atom stereocenters. The summed E-state index contributed by atoms with van der Waals surface area (Å²) in [6, 6.07) is 0. The lowest BCUT2D eigenvalue weighted by Gasteiger charge is -2.60. The molecule has 8 aliphatic rings. The monoisotopic (exact) mass is 488 g/mol. The zero-order chi connectivity index (χ0) is 24.3. The Bertz CT molecular complexity index is 890. The smallest absolute Gasteiger partial charge is 0.0163 e. The van der Waals surface area contributed by atoms with Crippen molar-refractivity contribution in [1.29, 1.82) is 0 Å². The summed E-state index contributed by atoms with van der Waals surface area (Å²) >= 11 is 0. The molecule has 0 aromatic heterocycles. The van der Waals surface area contributed by atoms with Gasteiger partial charge in [0.1, 0.15) is 0 Å². The Morgan fingerprint density at radius 3 is 2.53 bits per heavy atom. The second-order valence-electron chi connectivity index (χ2n) is 15.7. The highest BCUT2D eigenvalue weighted by atomic mass is 14.6. The van der Waals surface area contributed by atoms with Crippen molar-refractivity contribution in [3.8, 4) is 0 Å². The summed E-state index contributed by atoms with van der Waals surface area (Å²) in [5.41, 5.74) is 7.03. The average Bonchev–Trinajstić information content (AvgIpc) is 3.55. The van der Waals surface area contributed by atoms with Crippen LogP contribution in [0.1, 0.15) is 149 Å². The lowest BCUT2D eigenvalue weighted by Crippen LogP contribution is -2.51. The number of hydrogen-bond donors (Lipinski definition) is 0. The lowest BCUT2D eigenvalue weighted by molar-refractivity contribution is -0.103. The second kappa shape index (κ2) is 9.59. The summed E-state index contributed by atoms with van der Waals surface area (Å²) in [5.74, 6) is 7.62. The van der Waals surface area contributed by atoms with Gasteiger partial charge in [-0.3, -0.25) is 0 Å². The maximum Gasteiger partial charge on any atom is -0.0163 e. The Labute approximate surface area is 223 Å². The van der Waals surface area contributed by atoms with E-state index >= 15 is 0 Å². The quantitative estimate of drug-likeness (QED) is 0.318. The fraction of sp³-hybridized carbons (Fsp3) is 0.889. The molecule has 0 heteroatoms. The van der Waals surface area contributed by atoms with E-state index in [0.717, 1.165) is 52.3 Å². The second-order valence-corrected chi connectivity index (χ2v) is 15.7. The van der Waals surface area contributed by atoms with Gasteiger partial charge in [-0.15, -0.1) is 0 Å². The third-order valence-electron chi connectivity index (χ3n) is 14.4. The molecule has 0 nitrogen and oxygen atoms in total. The molecule has 0 amide bonds. The van der Waals surface area contributed by atoms with E-state index < -0.39 is 0 Å². The van der Waals surface area contributed by atoms with E-state index in [1.165, 1.54) is 70.6 Å². The maximum atomic E-state index is 2.70. The molecule has 0 N–H and O–H groups in total. The van der Waals surface area contributed by atoms with Crippen LogP contribution in [0.2, 0.25) is 0 Å². The molecule has 0 aromatic carbocycles. The summed E-state index contributed by atoms with van der Waals surface area (Å²) in [4.78, 5) is 0. The first-order chi connectivity index (χ1) is 17.6. The molecular weight excluding hydrogens is 432 g/mol. The van der Waals surface area contributed by atoms with Crippen molar-refractivity contribution in [2.75, 3.05) is 0 Å². The summed E-state index contributed by atoms with van der Waals surface area (Å²) in [7, 11) is 0. The first-order valence-corrected chi connectivity index (χ1v) is 17.0. The number of fused-ring (bicyclic) bond motifs is 9. The Kier molecular flexibility index (Phi) is 6.53. The average molecular weight is 489 g/mol. The lowest BCUT2D eigenvalue weighted by atomic mass is 9.45. The molecule has 0 bridgehead atoms. The summed E-state index contributed by atoms with van der Waals surface area (Å²) < 4.78 is 0. The molecule has 0 aliphatic heterocycles. The van der Waals surface area contributed by atoms with E-state index in [9.17, 15) is 0 Å². The predicted octanol–water partition coefficient (Wildman–Crippen LogP) is 10.8.